The van der Waals surface area contributed by atoms with Crippen LogP contribution in [-0.4, -0.2) is 10.3 Å². The number of aromatic nitrogens is 3. The van der Waals surface area contributed by atoms with E-state index in [1.54, 1.807) is 18.3 Å². The standard InChI is InChI=1S/C9H9N3O.Zn/c1-7-6-8(11-10-7)9-4-2-3-5-12(9)13;/h2-6,13H,1H3;. The molecule has 4 nitrogen and oxygen atoms in total. The summed E-state index contributed by atoms with van der Waals surface area (Å²) in [4.78, 5) is 0. The largest absolute Gasteiger partial charge is 0.570 e. The van der Waals surface area contributed by atoms with E-state index in [1.165, 1.54) is 0 Å². The number of hydrogen-bond donors (Lipinski definition) is 1. The second-order valence-corrected chi connectivity index (χ2v) is 2.80. The topological polar surface area (TPSA) is 51.1 Å². The van der Waals surface area contributed by atoms with Gasteiger partial charge in [-0.25, -0.2) is 0 Å². The average Bonchev–Trinajstić information content (AvgIpc) is 2.53. The molecule has 2 rings (SSSR count). The van der Waals surface area contributed by atoms with Gasteiger partial charge in [-0.3, -0.25) is 5.21 Å². The van der Waals surface area contributed by atoms with Crippen molar-refractivity contribution in [1.29, 1.82) is 0 Å². The Hall–Kier alpha value is -1.22. The van der Waals surface area contributed by atoms with Crippen molar-refractivity contribution in [3.8, 4) is 11.4 Å². The maximum Gasteiger partial charge on any atom is 0.243 e. The first-order valence-electron chi connectivity index (χ1n) is 3.95. The molecular formula is C9H9N3OZn. The molecule has 5 heteroatoms. The van der Waals surface area contributed by atoms with Crippen LogP contribution in [0, 0.1) is 6.92 Å². The third-order valence-corrected chi connectivity index (χ3v) is 1.76. The molecule has 0 fully saturated rings. The molecule has 2 heterocycles. The van der Waals surface area contributed by atoms with Gasteiger partial charge in [0.15, 0.2) is 0 Å². The Labute approximate surface area is 94.3 Å². The Morgan fingerprint density at radius 1 is 1.43 bits per heavy atom. The van der Waals surface area contributed by atoms with E-state index in [4.69, 9.17) is 0 Å². The first-order valence-corrected chi connectivity index (χ1v) is 3.95. The minimum atomic E-state index is 0. The molecule has 0 saturated carbocycles. The molecule has 68 valence electrons. The van der Waals surface area contributed by atoms with Gasteiger partial charge in [0.25, 0.3) is 0 Å². The molecule has 14 heavy (non-hydrogen) atoms. The van der Waals surface area contributed by atoms with E-state index in [0.717, 1.165) is 10.4 Å². The molecule has 0 spiro atoms. The van der Waals surface area contributed by atoms with Crippen molar-refractivity contribution in [3.05, 3.63) is 36.2 Å². The van der Waals surface area contributed by atoms with Gasteiger partial charge in [0, 0.05) is 42.0 Å². The summed E-state index contributed by atoms with van der Waals surface area (Å²) in [6, 6.07) is 7.18. The number of pyridine rings is 1. The van der Waals surface area contributed by atoms with Crippen LogP contribution in [-0.2, 0) is 19.5 Å². The Morgan fingerprint density at radius 2 is 2.21 bits per heavy atom. The van der Waals surface area contributed by atoms with Crippen molar-refractivity contribution in [2.24, 2.45) is 0 Å². The second-order valence-electron chi connectivity index (χ2n) is 2.80. The Balaban J connectivity index is 0.000000980. The molecule has 0 aliphatic heterocycles. The van der Waals surface area contributed by atoms with Gasteiger partial charge in [-0.05, 0) is 24.8 Å². The minimum absolute atomic E-state index is 0. The van der Waals surface area contributed by atoms with Crippen LogP contribution < -0.4 is 9.83 Å². The Bertz CT molecular complexity index is 428. The van der Waals surface area contributed by atoms with E-state index < -0.39 is 0 Å². The second kappa shape index (κ2) is 4.33. The van der Waals surface area contributed by atoms with Crippen LogP contribution >= 0.6 is 0 Å². The van der Waals surface area contributed by atoms with Crippen LogP contribution in [0.15, 0.2) is 30.5 Å². The summed E-state index contributed by atoms with van der Waals surface area (Å²) in [6.45, 7) is 1.86. The summed E-state index contributed by atoms with van der Waals surface area (Å²) >= 11 is 0. The zero-order valence-electron chi connectivity index (χ0n) is 7.88. The molecule has 0 radical (unpaired) electrons. The molecule has 2 aromatic rings. The van der Waals surface area contributed by atoms with Gasteiger partial charge in [0.05, 0.1) is 0 Å². The molecular weight excluding hydrogens is 232 g/mol. The van der Waals surface area contributed by atoms with Crippen LogP contribution in [0.25, 0.3) is 11.4 Å². The fourth-order valence-corrected chi connectivity index (χ4v) is 1.15. The van der Waals surface area contributed by atoms with E-state index in [-0.39, 0.29) is 19.5 Å². The molecule has 0 aliphatic carbocycles. The van der Waals surface area contributed by atoms with Gasteiger partial charge < -0.3 is 10.2 Å². The molecule has 0 saturated heterocycles. The van der Waals surface area contributed by atoms with Crippen LogP contribution in [0.4, 0.5) is 0 Å². The summed E-state index contributed by atoms with van der Waals surface area (Å²) in [5.74, 6) is 0. The smallest absolute Gasteiger partial charge is 0.243 e. The molecule has 0 amide bonds. The van der Waals surface area contributed by atoms with Crippen molar-refractivity contribution in [2.75, 3.05) is 0 Å². The zero-order chi connectivity index (χ0) is 9.26. The van der Waals surface area contributed by atoms with Gasteiger partial charge in [0.1, 0.15) is 0 Å². The summed E-state index contributed by atoms with van der Waals surface area (Å²) < 4.78 is 1.03. The minimum Gasteiger partial charge on any atom is -0.570 e. The summed E-state index contributed by atoms with van der Waals surface area (Å²) in [5, 5.41) is 17.2. The first kappa shape index (κ1) is 10.9. The van der Waals surface area contributed by atoms with Crippen molar-refractivity contribution in [1.82, 2.24) is 10.2 Å². The third kappa shape index (κ3) is 1.99. The van der Waals surface area contributed by atoms with E-state index in [1.807, 2.05) is 19.1 Å². The fourth-order valence-electron chi connectivity index (χ4n) is 1.15. The zero-order valence-corrected chi connectivity index (χ0v) is 10.8. The molecule has 0 aliphatic rings. The molecule has 1 N–H and O–H groups in total. The van der Waals surface area contributed by atoms with Crippen molar-refractivity contribution in [3.63, 3.8) is 0 Å². The summed E-state index contributed by atoms with van der Waals surface area (Å²) in [6.07, 6.45) is 1.55. The van der Waals surface area contributed by atoms with Crippen molar-refractivity contribution in [2.45, 2.75) is 6.92 Å². The van der Waals surface area contributed by atoms with Crippen LogP contribution in [0.1, 0.15) is 5.69 Å². The maximum absolute atomic E-state index is 9.42. The van der Waals surface area contributed by atoms with E-state index in [2.05, 4.69) is 10.2 Å². The fraction of sp³-hybridized carbons (Fsp3) is 0.111. The number of rotatable bonds is 1. The molecule has 0 bridgehead atoms. The molecule has 0 aromatic carbocycles. The molecule has 0 unspecified atom stereocenters. The number of hydrogen-bond acceptors (Lipinski definition) is 2. The quantitative estimate of drug-likeness (QED) is 0.450. The predicted octanol–water partition coefficient (Wildman–Crippen LogP) is 0.537. The van der Waals surface area contributed by atoms with Gasteiger partial charge in [-0.1, -0.05) is 0 Å². The van der Waals surface area contributed by atoms with Gasteiger partial charge in [0.2, 0.25) is 11.9 Å². The van der Waals surface area contributed by atoms with E-state index in [0.29, 0.717) is 11.4 Å². The summed E-state index contributed by atoms with van der Waals surface area (Å²) in [5.41, 5.74) is 2.17. The number of nitrogens with zero attached hydrogens (tertiary/aromatic N) is 3. The monoisotopic (exact) mass is 239 g/mol. The van der Waals surface area contributed by atoms with Gasteiger partial charge in [-0.2, -0.15) is 0 Å². The Kier molecular flexibility index (Phi) is 3.36. The molecule has 0 atom stereocenters. The predicted molar refractivity (Wildman–Crippen MR) is 45.1 cm³/mol. The number of aryl methyl sites for hydroxylation is 1. The van der Waals surface area contributed by atoms with E-state index in [9.17, 15) is 5.21 Å². The maximum atomic E-state index is 9.42. The van der Waals surface area contributed by atoms with Gasteiger partial charge >= 0.3 is 0 Å². The van der Waals surface area contributed by atoms with Crippen LogP contribution in [0.3, 0.4) is 0 Å². The molecule has 2 aromatic heterocycles. The average molecular weight is 241 g/mol. The Morgan fingerprint density at radius 3 is 2.79 bits per heavy atom. The third-order valence-electron chi connectivity index (χ3n) is 1.76. The van der Waals surface area contributed by atoms with Crippen molar-refractivity contribution < 1.29 is 29.4 Å². The van der Waals surface area contributed by atoms with Gasteiger partial charge in [-0.15, -0.1) is 0 Å². The SMILES string of the molecule is Cc1cc(-c2cccc[n+]2O)[n-]n1.[Zn]. The first-order chi connectivity index (χ1) is 6.27. The van der Waals surface area contributed by atoms with Crippen molar-refractivity contribution >= 4 is 0 Å². The summed E-state index contributed by atoms with van der Waals surface area (Å²) in [7, 11) is 0. The van der Waals surface area contributed by atoms with Crippen LogP contribution in [0.2, 0.25) is 0 Å². The normalized spacial score (nSPS) is 9.50. The van der Waals surface area contributed by atoms with Crippen LogP contribution in [0.5, 0.6) is 0 Å². The van der Waals surface area contributed by atoms with E-state index >= 15 is 0 Å².